The summed E-state index contributed by atoms with van der Waals surface area (Å²) in [6, 6.07) is 20.0. The van der Waals surface area contributed by atoms with Crippen LogP contribution in [0.1, 0.15) is 136 Å². The molecule has 3 saturated carbocycles. The van der Waals surface area contributed by atoms with Gasteiger partial charge in [-0.05, 0) is 134 Å². The fourth-order valence-corrected chi connectivity index (χ4v) is 16.9. The predicted octanol–water partition coefficient (Wildman–Crippen LogP) is 7.40. The maximum absolute atomic E-state index is 14.1. The molecule has 13 rings (SSSR count). The Labute approximate surface area is 720 Å². The van der Waals surface area contributed by atoms with E-state index in [2.05, 4.69) is 35.2 Å². The van der Waals surface area contributed by atoms with E-state index >= 15 is 0 Å². The number of H-pyrrole nitrogens is 1. The summed E-state index contributed by atoms with van der Waals surface area (Å²) in [5, 5.41) is 16.1. The van der Waals surface area contributed by atoms with E-state index in [0.29, 0.717) is 12.8 Å². The van der Waals surface area contributed by atoms with E-state index in [9.17, 15) is 77.6 Å². The number of ether oxygens (including phenoxy) is 9. The summed E-state index contributed by atoms with van der Waals surface area (Å²) < 4.78 is 234. The summed E-state index contributed by atoms with van der Waals surface area (Å²) in [5.41, 5.74) is 8.35. The molecule has 126 heavy (non-hydrogen) atoms. The van der Waals surface area contributed by atoms with Crippen LogP contribution in [0.2, 0.25) is 0 Å². The van der Waals surface area contributed by atoms with Crippen molar-refractivity contribution >= 4 is 64.9 Å². The van der Waals surface area contributed by atoms with Crippen LogP contribution < -0.4 is 78.9 Å². The molecule has 6 fully saturated rings. The minimum absolute atomic E-state index is 0. The lowest BCUT2D eigenvalue weighted by Crippen LogP contribution is -3.00. The van der Waals surface area contributed by atoms with Gasteiger partial charge in [-0.25, -0.2) is 59.3 Å². The highest BCUT2D eigenvalue weighted by Gasteiger charge is 2.45. The molecule has 4 aromatic carbocycles. The van der Waals surface area contributed by atoms with Gasteiger partial charge in [-0.15, -0.1) is 0 Å². The van der Waals surface area contributed by atoms with Crippen LogP contribution in [0.25, 0.3) is 0 Å². The number of aliphatic imine (C=N–C) groups is 1. The molecule has 7 aromatic rings. The van der Waals surface area contributed by atoms with Crippen LogP contribution in [-0.4, -0.2) is 155 Å². The summed E-state index contributed by atoms with van der Waals surface area (Å²) in [6.45, 7) is 0.245. The normalized spacial score (nSPS) is 21.3. The van der Waals surface area contributed by atoms with E-state index in [1.807, 2.05) is 0 Å². The first-order valence-electron chi connectivity index (χ1n) is 39.2. The summed E-state index contributed by atoms with van der Waals surface area (Å²) in [4.78, 5) is 88.2. The maximum atomic E-state index is 14.1. The van der Waals surface area contributed by atoms with Crippen molar-refractivity contribution in [3.05, 3.63) is 188 Å². The zero-order valence-corrected chi connectivity index (χ0v) is 71.5. The van der Waals surface area contributed by atoms with Crippen molar-refractivity contribution < 1.29 is 155 Å². The van der Waals surface area contributed by atoms with Gasteiger partial charge in [-0.1, -0.05) is 73.9 Å². The fraction of sp³-hybridized carbons (Fsp3) is 0.474. The number of para-hydroxylation sites is 3. The van der Waals surface area contributed by atoms with Gasteiger partial charge in [-0.3, -0.25) is 28.3 Å². The number of aliphatic hydroxyl groups excluding tert-OH is 1. The van der Waals surface area contributed by atoms with Crippen molar-refractivity contribution in [3.8, 4) is 23.0 Å². The second kappa shape index (κ2) is 46.7. The van der Waals surface area contributed by atoms with Crippen molar-refractivity contribution in [1.82, 2.24) is 44.2 Å². The van der Waals surface area contributed by atoms with E-state index < -0.39 is 178 Å². The first-order valence-corrected chi connectivity index (χ1v) is 43.8. The molecule has 50 heteroatoms. The molecule has 3 aliphatic heterocycles. The Morgan fingerprint density at radius 1 is 0.556 bits per heavy atom. The number of esters is 3. The molecular formula is C76H93ClF8N13O25P3. The van der Waals surface area contributed by atoms with E-state index in [1.165, 1.54) is 51.4 Å². The quantitative estimate of drug-likeness (QED) is 0.00265. The minimum Gasteiger partial charge on any atom is -1.00 e. The smallest absolute Gasteiger partial charge is 0.513 e. The van der Waals surface area contributed by atoms with E-state index in [1.54, 1.807) is 85.7 Å². The van der Waals surface area contributed by atoms with Gasteiger partial charge in [0.2, 0.25) is 52.7 Å². The Balaban J connectivity index is 0.000000193. The molecule has 0 unspecified atom stereocenters. The summed E-state index contributed by atoms with van der Waals surface area (Å²) in [5.74, 6) is -19.1. The van der Waals surface area contributed by atoms with Gasteiger partial charge in [0.15, 0.2) is 42.0 Å². The number of aliphatic hydroxyl groups is 1. The maximum Gasteiger partial charge on any atom is 0.513 e. The molecule has 0 spiro atoms. The molecule has 3 aliphatic carbocycles. The highest BCUT2D eigenvalue weighted by atomic mass is 35.5. The third kappa shape index (κ3) is 28.8. The van der Waals surface area contributed by atoms with E-state index in [-0.39, 0.29) is 80.2 Å². The lowest BCUT2D eigenvalue weighted by molar-refractivity contribution is -0.773. The number of carbonyl (C=O) groups is 3. The first-order chi connectivity index (χ1) is 59.6. The van der Waals surface area contributed by atoms with Crippen LogP contribution in [0.3, 0.4) is 0 Å². The van der Waals surface area contributed by atoms with Gasteiger partial charge >= 0.3 is 58.2 Å². The largest absolute Gasteiger partial charge is 1.00 e. The monoisotopic (exact) mass is 1870 g/mol. The molecule has 6 aliphatic rings. The van der Waals surface area contributed by atoms with Crippen molar-refractivity contribution in [2.75, 3.05) is 52.0 Å². The molecule has 0 bridgehead atoms. The van der Waals surface area contributed by atoms with Gasteiger partial charge in [0.1, 0.15) is 66.5 Å². The Hall–Kier alpha value is -9.86. The van der Waals surface area contributed by atoms with E-state index in [0.717, 1.165) is 116 Å². The first kappa shape index (κ1) is 99.9. The number of hydrogen-bond acceptors (Lipinski definition) is 30. The van der Waals surface area contributed by atoms with Gasteiger partial charge in [0.25, 0.3) is 13.0 Å². The zero-order valence-electron chi connectivity index (χ0n) is 68.1. The van der Waals surface area contributed by atoms with E-state index in [4.69, 9.17) is 86.3 Å². The fourth-order valence-electron chi connectivity index (χ4n) is 12.4. The van der Waals surface area contributed by atoms with Crippen LogP contribution >= 0.6 is 23.2 Å². The number of nitrogens with zero attached hydrogens (tertiary/aromatic N) is 7. The molecule has 12 atom stereocenters. The lowest BCUT2D eigenvalue weighted by atomic mass is 9.98. The summed E-state index contributed by atoms with van der Waals surface area (Å²) in [6.07, 6.45) is 12.7. The molecular weight excluding hydrogens is 1780 g/mol. The average molecular weight is 1870 g/mol. The summed E-state index contributed by atoms with van der Waals surface area (Å²) in [7, 11) is -10.1. The Morgan fingerprint density at radius 2 is 0.952 bits per heavy atom. The number of anilines is 2. The predicted molar refractivity (Wildman–Crippen MR) is 421 cm³/mol. The third-order valence-corrected chi connectivity index (χ3v) is 23.5. The number of nitrogens with two attached hydrogens (primary N) is 2. The number of aromatic amines is 1. The number of carbonyl (C=O) groups excluding carboxylic acids is 3. The molecule has 3 saturated heterocycles. The average Bonchev–Trinajstić information content (AvgIpc) is 0.804. The minimum atomic E-state index is -4.92. The standard InChI is InChI=1S/2C22H28FN4O8P.C21H21F5NO5P.C11H15FN4O4.ClH/c2*1-14(20(28)32-15-8-4-2-5-9-15)26-36(30,34-16-10-6-3-7-11-16)35-22-31-13-18(33-22)27-12-17(23)19(24)25-21(27)29;1-12(21(28)30-13-8-4-2-5-9-13)27-33(29,31-14-10-6-3-7-11-14)32-20-18(25)16(23)15(22)17(24)19(20)26;1-15(2)6-13-10-7(12)3-16(11(18)14-10)8-5-19-9(4-17)20-8;/h3,6-7,10-12,14-15,18,22H,2,4-5,8-9,13H2,1H3,(H,26,30)(H2,24,25,29);3,6-7,10-12,14-15,18,22H,2,4-5,8-9,13H2,1H3,(H3,24,25,26,29,30);3,6-7,10-13H,2,4-5,8-9H2,1H3,(H,27,29);3,6,8-9,17H,4-5H2,1-2H3;1H/t2*14-,18-,22-,36+;12-,33-;8-,9-;/m0000./s1. The van der Waals surface area contributed by atoms with Crippen molar-refractivity contribution in [3.63, 3.8) is 0 Å². The van der Waals surface area contributed by atoms with Crippen LogP contribution in [0.5, 0.6) is 23.0 Å². The third-order valence-electron chi connectivity index (χ3n) is 18.7. The lowest BCUT2D eigenvalue weighted by Gasteiger charge is -2.27. The van der Waals surface area contributed by atoms with Gasteiger partial charge < -0.3 is 89.9 Å². The second-order valence-electron chi connectivity index (χ2n) is 28.7. The number of nitrogens with one attached hydrogen (secondary N) is 4. The number of nitrogen functional groups attached to an aromatic ring is 2. The number of rotatable bonds is 30. The molecule has 0 radical (unpaired) electrons. The van der Waals surface area contributed by atoms with Crippen LogP contribution in [0, 0.1) is 46.5 Å². The van der Waals surface area contributed by atoms with Gasteiger partial charge in [0.05, 0.1) is 38.6 Å². The van der Waals surface area contributed by atoms with Crippen molar-refractivity contribution in [1.29, 1.82) is 0 Å². The highest BCUT2D eigenvalue weighted by Crippen LogP contribution is 2.51. The molecule has 38 nitrogen and oxygen atoms in total. The Kier molecular flexibility index (Phi) is 37.1. The zero-order chi connectivity index (χ0) is 90.3. The second-order valence-corrected chi connectivity index (χ2v) is 33.6. The van der Waals surface area contributed by atoms with Crippen LogP contribution in [-0.2, 0) is 79.8 Å². The van der Waals surface area contributed by atoms with Crippen molar-refractivity contribution in [2.24, 2.45) is 4.99 Å². The Morgan fingerprint density at radius 3 is 1.40 bits per heavy atom. The molecule has 690 valence electrons. The Bertz CT molecular complexity index is 4970. The van der Waals surface area contributed by atoms with Gasteiger partial charge in [0, 0.05) is 14.1 Å². The van der Waals surface area contributed by atoms with Crippen molar-refractivity contribution in [2.45, 2.75) is 191 Å². The van der Waals surface area contributed by atoms with Crippen LogP contribution in [0.15, 0.2) is 129 Å². The number of benzene rings is 4. The topological polar surface area (TPSA) is 471 Å². The van der Waals surface area contributed by atoms with Gasteiger partial charge in [-0.2, -0.15) is 52.7 Å². The molecule has 6 heterocycles. The number of aromatic nitrogens is 6. The summed E-state index contributed by atoms with van der Waals surface area (Å²) >= 11 is 0. The molecule has 0 amide bonds. The highest BCUT2D eigenvalue weighted by molar-refractivity contribution is 7.53. The molecule has 3 aromatic heterocycles. The number of halogens is 9. The SMILES string of the molecule is CN(C)C=Nc1nc(=O)n([C@@H]2CO[C@H](CO)O2)cc1F.C[C@H](N[P@@](=O)(Oc1ccccc1)O[C@H]1OC[C@@H]([n+]2cc(F)c(N)[nH]c2=O)O1)C(=O)OC1CCCCC1.C[C@H](N[P@@](=O)(Oc1ccccc1)O[C@H]1OC[C@@H](n2cc(F)c(N)nc2=O)O1)C(=O)OC1CCCCC1.C[C@H](N[P@](=O)(Oc1ccccc1)Oc1c(F)c(F)c(F)c(F)c1F)C(=O)OC1CCCCC1.[Cl-]. The van der Waals surface area contributed by atoms with Crippen LogP contribution in [0.4, 0.5) is 52.6 Å². The molecule has 9 N–H and O–H groups in total. The number of hydrogen-bond donors (Lipinski definition) is 7.